The minimum Gasteiger partial charge on any atom is -0.464 e. The fourth-order valence-electron chi connectivity index (χ4n) is 2.52. The topological polar surface area (TPSA) is 46.6 Å². The summed E-state index contributed by atoms with van der Waals surface area (Å²) in [5.41, 5.74) is 0. The van der Waals surface area contributed by atoms with Crippen LogP contribution in [0, 0.1) is 0 Å². The van der Waals surface area contributed by atoms with E-state index in [0.717, 1.165) is 44.9 Å². The Balaban J connectivity index is 2.35. The Labute approximate surface area is 127 Å². The Morgan fingerprint density at radius 2 is 1.86 bits per heavy atom. The molecule has 1 saturated heterocycles. The SMILES string of the molecule is C=CCCCCC(=O)N1CCC[C@H]1C(=O)OCCCC=C. The maximum atomic E-state index is 12.2. The summed E-state index contributed by atoms with van der Waals surface area (Å²) in [7, 11) is 0. The third-order valence-electron chi connectivity index (χ3n) is 3.69. The van der Waals surface area contributed by atoms with E-state index in [4.69, 9.17) is 4.74 Å². The van der Waals surface area contributed by atoms with Crippen molar-refractivity contribution in [3.8, 4) is 0 Å². The third-order valence-corrected chi connectivity index (χ3v) is 3.69. The van der Waals surface area contributed by atoms with Gasteiger partial charge in [0.05, 0.1) is 6.61 Å². The van der Waals surface area contributed by atoms with Gasteiger partial charge in [-0.2, -0.15) is 0 Å². The molecule has 0 aromatic carbocycles. The van der Waals surface area contributed by atoms with Crippen molar-refractivity contribution >= 4 is 11.9 Å². The summed E-state index contributed by atoms with van der Waals surface area (Å²) in [6.07, 6.45) is 10.2. The van der Waals surface area contributed by atoms with Crippen LogP contribution in [0.15, 0.2) is 25.3 Å². The molecule has 1 amide bonds. The summed E-state index contributed by atoms with van der Waals surface area (Å²) in [5, 5.41) is 0. The minimum atomic E-state index is -0.374. The van der Waals surface area contributed by atoms with Gasteiger partial charge in [-0.15, -0.1) is 13.2 Å². The molecular weight excluding hydrogens is 266 g/mol. The predicted molar refractivity (Wildman–Crippen MR) is 83.8 cm³/mol. The fraction of sp³-hybridized carbons (Fsp3) is 0.647. The van der Waals surface area contributed by atoms with Crippen molar-refractivity contribution in [1.82, 2.24) is 4.90 Å². The summed E-state index contributed by atoms with van der Waals surface area (Å²) in [6.45, 7) is 8.38. The highest BCUT2D eigenvalue weighted by molar-refractivity contribution is 5.85. The molecule has 1 rings (SSSR count). The van der Waals surface area contributed by atoms with E-state index in [-0.39, 0.29) is 17.9 Å². The number of allylic oxidation sites excluding steroid dienone is 2. The molecule has 1 aliphatic heterocycles. The summed E-state index contributed by atoms with van der Waals surface area (Å²) in [6, 6.07) is -0.374. The largest absolute Gasteiger partial charge is 0.464 e. The lowest BCUT2D eigenvalue weighted by Crippen LogP contribution is -2.41. The summed E-state index contributed by atoms with van der Waals surface area (Å²) in [4.78, 5) is 25.9. The summed E-state index contributed by atoms with van der Waals surface area (Å²) in [5.74, 6) is -0.180. The number of ether oxygens (including phenoxy) is 1. The summed E-state index contributed by atoms with van der Waals surface area (Å²) < 4.78 is 5.26. The van der Waals surface area contributed by atoms with E-state index in [1.165, 1.54) is 0 Å². The van der Waals surface area contributed by atoms with E-state index in [2.05, 4.69) is 13.2 Å². The van der Waals surface area contributed by atoms with Crippen LogP contribution in [0.4, 0.5) is 0 Å². The standard InChI is InChI=1S/C17H27NO3/c1-3-5-7-8-12-16(19)18-13-10-11-15(18)17(20)21-14-9-6-4-2/h3-4,15H,1-2,5-14H2/t15-/m0/s1. The van der Waals surface area contributed by atoms with Gasteiger partial charge in [-0.05, 0) is 44.9 Å². The van der Waals surface area contributed by atoms with Gasteiger partial charge in [0.1, 0.15) is 6.04 Å². The van der Waals surface area contributed by atoms with Crippen molar-refractivity contribution in [2.24, 2.45) is 0 Å². The number of carbonyl (C=O) groups excluding carboxylic acids is 2. The van der Waals surface area contributed by atoms with E-state index >= 15 is 0 Å². The Morgan fingerprint density at radius 1 is 1.14 bits per heavy atom. The van der Waals surface area contributed by atoms with Crippen LogP contribution in [0.2, 0.25) is 0 Å². The maximum Gasteiger partial charge on any atom is 0.328 e. The second-order valence-corrected chi connectivity index (χ2v) is 5.38. The van der Waals surface area contributed by atoms with Gasteiger partial charge in [-0.3, -0.25) is 4.79 Å². The molecule has 0 radical (unpaired) electrons. The fourth-order valence-corrected chi connectivity index (χ4v) is 2.52. The van der Waals surface area contributed by atoms with E-state index in [1.54, 1.807) is 4.90 Å². The second-order valence-electron chi connectivity index (χ2n) is 5.38. The van der Waals surface area contributed by atoms with Crippen molar-refractivity contribution < 1.29 is 14.3 Å². The first-order valence-corrected chi connectivity index (χ1v) is 7.88. The molecule has 4 heteroatoms. The molecule has 21 heavy (non-hydrogen) atoms. The molecule has 0 aliphatic carbocycles. The van der Waals surface area contributed by atoms with Gasteiger partial charge in [0.2, 0.25) is 5.91 Å². The van der Waals surface area contributed by atoms with E-state index in [9.17, 15) is 9.59 Å². The zero-order valence-corrected chi connectivity index (χ0v) is 12.9. The van der Waals surface area contributed by atoms with Gasteiger partial charge in [-0.1, -0.05) is 12.2 Å². The predicted octanol–water partition coefficient (Wildman–Crippen LogP) is 3.23. The van der Waals surface area contributed by atoms with E-state index < -0.39 is 0 Å². The molecule has 0 saturated carbocycles. The van der Waals surface area contributed by atoms with Gasteiger partial charge in [-0.25, -0.2) is 4.79 Å². The van der Waals surface area contributed by atoms with Crippen molar-refractivity contribution in [3.63, 3.8) is 0 Å². The molecule has 1 fully saturated rings. The number of hydrogen-bond donors (Lipinski definition) is 0. The highest BCUT2D eigenvalue weighted by Gasteiger charge is 2.34. The Bertz CT molecular complexity index is 331. The lowest BCUT2D eigenvalue weighted by Gasteiger charge is -2.23. The Hall–Kier alpha value is -1.58. The number of nitrogens with zero attached hydrogens (tertiary/aromatic N) is 1. The first kappa shape index (κ1) is 17.5. The lowest BCUT2D eigenvalue weighted by atomic mass is 10.1. The molecule has 0 unspecified atom stereocenters. The molecule has 1 atom stereocenters. The van der Waals surface area contributed by atoms with Crippen LogP contribution < -0.4 is 0 Å². The van der Waals surface area contributed by atoms with Crippen molar-refractivity contribution in [2.45, 2.75) is 57.4 Å². The van der Waals surface area contributed by atoms with Crippen molar-refractivity contribution in [2.75, 3.05) is 13.2 Å². The van der Waals surface area contributed by atoms with Crippen LogP contribution in [-0.4, -0.2) is 36.0 Å². The number of esters is 1. The molecule has 0 N–H and O–H groups in total. The zero-order valence-electron chi connectivity index (χ0n) is 12.9. The van der Waals surface area contributed by atoms with Crippen molar-refractivity contribution in [1.29, 1.82) is 0 Å². The van der Waals surface area contributed by atoms with Crippen LogP contribution in [0.3, 0.4) is 0 Å². The Morgan fingerprint density at radius 3 is 2.57 bits per heavy atom. The number of amides is 1. The quantitative estimate of drug-likeness (QED) is 0.353. The van der Waals surface area contributed by atoms with Crippen LogP contribution >= 0.6 is 0 Å². The van der Waals surface area contributed by atoms with Crippen LogP contribution in [0.25, 0.3) is 0 Å². The molecule has 1 aliphatic rings. The number of likely N-dealkylation sites (tertiary alicyclic amines) is 1. The molecule has 0 aromatic heterocycles. The molecule has 118 valence electrons. The molecule has 4 nitrogen and oxygen atoms in total. The highest BCUT2D eigenvalue weighted by Crippen LogP contribution is 2.20. The second kappa shape index (κ2) is 10.2. The van der Waals surface area contributed by atoms with Crippen LogP contribution in [-0.2, 0) is 14.3 Å². The van der Waals surface area contributed by atoms with Crippen LogP contribution in [0.1, 0.15) is 51.4 Å². The van der Waals surface area contributed by atoms with E-state index in [1.807, 2.05) is 12.2 Å². The number of rotatable bonds is 10. The third kappa shape index (κ3) is 6.15. The minimum absolute atomic E-state index is 0.0737. The molecular formula is C17H27NO3. The van der Waals surface area contributed by atoms with Gasteiger partial charge in [0.15, 0.2) is 0 Å². The van der Waals surface area contributed by atoms with Gasteiger partial charge >= 0.3 is 5.97 Å². The average molecular weight is 293 g/mol. The highest BCUT2D eigenvalue weighted by atomic mass is 16.5. The number of carbonyl (C=O) groups is 2. The normalized spacial score (nSPS) is 17.5. The molecule has 0 aromatic rings. The molecule has 0 bridgehead atoms. The molecule has 1 heterocycles. The zero-order chi connectivity index (χ0) is 15.5. The number of unbranched alkanes of at least 4 members (excludes halogenated alkanes) is 3. The van der Waals surface area contributed by atoms with Gasteiger partial charge in [0.25, 0.3) is 0 Å². The summed E-state index contributed by atoms with van der Waals surface area (Å²) >= 11 is 0. The van der Waals surface area contributed by atoms with Gasteiger partial charge in [0, 0.05) is 13.0 Å². The first-order chi connectivity index (χ1) is 10.2. The number of hydrogen-bond acceptors (Lipinski definition) is 3. The van der Waals surface area contributed by atoms with E-state index in [0.29, 0.717) is 19.6 Å². The monoisotopic (exact) mass is 293 g/mol. The van der Waals surface area contributed by atoms with Gasteiger partial charge < -0.3 is 9.64 Å². The first-order valence-electron chi connectivity index (χ1n) is 7.88. The lowest BCUT2D eigenvalue weighted by molar-refractivity contribution is -0.153. The average Bonchev–Trinajstić information content (AvgIpc) is 2.97. The Kier molecular flexibility index (Phi) is 8.48. The smallest absolute Gasteiger partial charge is 0.328 e. The maximum absolute atomic E-state index is 12.2. The molecule has 0 spiro atoms. The van der Waals surface area contributed by atoms with Crippen LogP contribution in [0.5, 0.6) is 0 Å². The van der Waals surface area contributed by atoms with Crippen molar-refractivity contribution in [3.05, 3.63) is 25.3 Å².